The molecule has 236 valence electrons. The Kier molecular flexibility index (Phi) is 6.31. The van der Waals surface area contributed by atoms with Gasteiger partial charge in [-0.3, -0.25) is 0 Å². The Labute approximate surface area is 289 Å². The Morgan fingerprint density at radius 2 is 0.980 bits per heavy atom. The smallest absolute Gasteiger partial charge is 0.137 e. The van der Waals surface area contributed by atoms with Crippen molar-refractivity contribution in [3.63, 3.8) is 0 Å². The molecule has 0 N–H and O–H groups in total. The lowest BCUT2D eigenvalue weighted by Crippen LogP contribution is -2.29. The molecule has 0 aliphatic heterocycles. The fourth-order valence-corrected chi connectivity index (χ4v) is 8.30. The zero-order valence-corrected chi connectivity index (χ0v) is 27.1. The van der Waals surface area contributed by atoms with E-state index in [0.717, 1.165) is 77.8 Å². The first-order valence-electron chi connectivity index (χ1n) is 17.0. The van der Waals surface area contributed by atoms with Crippen LogP contribution < -0.4 is 4.90 Å². The standard InChI is InChI=1S/C47H30FNO/c48-43-30-42-46(39-22-11-10-20-36(39)43)40-27-25-34(28-41(40)47(42,31-14-4-1-5-15-31)32-16-6-2-7-17-32)49(33-18-8-3-9-19-33)35-24-26-38-37-21-12-13-23-44(37)50-45(38)29-35/h1-30H. The number of benzene rings is 8. The highest BCUT2D eigenvalue weighted by atomic mass is 19.1. The van der Waals surface area contributed by atoms with E-state index in [0.29, 0.717) is 5.39 Å². The predicted octanol–water partition coefficient (Wildman–Crippen LogP) is 12.7. The van der Waals surface area contributed by atoms with Gasteiger partial charge >= 0.3 is 0 Å². The maximum absolute atomic E-state index is 16.3. The van der Waals surface area contributed by atoms with Crippen LogP contribution in [0.5, 0.6) is 0 Å². The van der Waals surface area contributed by atoms with Crippen molar-refractivity contribution in [1.29, 1.82) is 0 Å². The molecule has 0 radical (unpaired) electrons. The molecule has 8 aromatic carbocycles. The van der Waals surface area contributed by atoms with Crippen LogP contribution in [0.25, 0.3) is 43.8 Å². The van der Waals surface area contributed by atoms with Crippen LogP contribution in [0.15, 0.2) is 186 Å². The number of hydrogen-bond donors (Lipinski definition) is 0. The van der Waals surface area contributed by atoms with Crippen LogP contribution in [0.4, 0.5) is 21.5 Å². The Balaban J connectivity index is 1.29. The number of para-hydroxylation sites is 2. The molecular formula is C47H30FNO. The molecule has 9 aromatic rings. The van der Waals surface area contributed by atoms with Gasteiger partial charge in [-0.1, -0.05) is 127 Å². The molecule has 1 aromatic heterocycles. The van der Waals surface area contributed by atoms with E-state index >= 15 is 4.39 Å². The number of hydrogen-bond acceptors (Lipinski definition) is 2. The second-order valence-corrected chi connectivity index (χ2v) is 13.0. The van der Waals surface area contributed by atoms with Crippen LogP contribution in [-0.2, 0) is 5.41 Å². The lowest BCUT2D eigenvalue weighted by molar-refractivity contribution is 0.633. The van der Waals surface area contributed by atoms with Gasteiger partial charge in [0, 0.05) is 39.3 Å². The van der Waals surface area contributed by atoms with Crippen molar-refractivity contribution in [2.45, 2.75) is 5.41 Å². The van der Waals surface area contributed by atoms with Crippen molar-refractivity contribution >= 4 is 49.8 Å². The van der Waals surface area contributed by atoms with Gasteiger partial charge in [0.2, 0.25) is 0 Å². The molecule has 50 heavy (non-hydrogen) atoms. The summed E-state index contributed by atoms with van der Waals surface area (Å²) >= 11 is 0. The molecular weight excluding hydrogens is 614 g/mol. The first kappa shape index (κ1) is 28.6. The summed E-state index contributed by atoms with van der Waals surface area (Å²) in [6.07, 6.45) is 0. The lowest BCUT2D eigenvalue weighted by atomic mass is 9.67. The molecule has 1 aliphatic carbocycles. The Morgan fingerprint density at radius 1 is 0.420 bits per heavy atom. The first-order valence-corrected chi connectivity index (χ1v) is 17.0. The Bertz CT molecular complexity index is 2680. The topological polar surface area (TPSA) is 16.4 Å². The zero-order valence-electron chi connectivity index (χ0n) is 27.1. The SMILES string of the molecule is Fc1cc2c(c3ccccc13)-c1ccc(N(c3ccccc3)c3ccc4c(c3)oc3ccccc34)cc1C2(c1ccccc1)c1ccccc1. The van der Waals surface area contributed by atoms with E-state index in [1.165, 1.54) is 0 Å². The van der Waals surface area contributed by atoms with Gasteiger partial charge < -0.3 is 9.32 Å². The average Bonchev–Trinajstić information content (AvgIpc) is 3.69. The molecule has 1 heterocycles. The second-order valence-electron chi connectivity index (χ2n) is 13.0. The number of furan rings is 1. The number of halogens is 1. The van der Waals surface area contributed by atoms with E-state index in [-0.39, 0.29) is 5.82 Å². The molecule has 0 spiro atoms. The highest BCUT2D eigenvalue weighted by molar-refractivity contribution is 6.07. The van der Waals surface area contributed by atoms with Gasteiger partial charge in [-0.05, 0) is 87.3 Å². The van der Waals surface area contributed by atoms with E-state index in [4.69, 9.17) is 4.42 Å². The molecule has 0 atom stereocenters. The monoisotopic (exact) mass is 643 g/mol. The molecule has 10 rings (SSSR count). The average molecular weight is 644 g/mol. The van der Waals surface area contributed by atoms with Gasteiger partial charge in [0.15, 0.2) is 0 Å². The summed E-state index contributed by atoms with van der Waals surface area (Å²) in [5, 5.41) is 3.73. The van der Waals surface area contributed by atoms with E-state index in [1.807, 2.05) is 54.6 Å². The van der Waals surface area contributed by atoms with Crippen molar-refractivity contribution < 1.29 is 8.81 Å². The van der Waals surface area contributed by atoms with Gasteiger partial charge in [0.25, 0.3) is 0 Å². The molecule has 0 saturated heterocycles. The molecule has 0 bridgehead atoms. The highest BCUT2D eigenvalue weighted by Gasteiger charge is 2.47. The zero-order chi connectivity index (χ0) is 33.2. The van der Waals surface area contributed by atoms with Crippen molar-refractivity contribution in [2.24, 2.45) is 0 Å². The molecule has 2 nitrogen and oxygen atoms in total. The van der Waals surface area contributed by atoms with Crippen LogP contribution in [0.2, 0.25) is 0 Å². The molecule has 0 amide bonds. The summed E-state index contributed by atoms with van der Waals surface area (Å²) in [5.41, 5.74) is 10.4. The Hall–Kier alpha value is -6.45. The second kappa shape index (κ2) is 11.0. The number of rotatable bonds is 5. The van der Waals surface area contributed by atoms with E-state index in [2.05, 4.69) is 126 Å². The van der Waals surface area contributed by atoms with Crippen molar-refractivity contribution in [2.75, 3.05) is 4.90 Å². The summed E-state index contributed by atoms with van der Waals surface area (Å²) in [6.45, 7) is 0. The van der Waals surface area contributed by atoms with E-state index in [9.17, 15) is 0 Å². The molecule has 0 fully saturated rings. The summed E-state index contributed by atoms with van der Waals surface area (Å²) in [5.74, 6) is -0.214. The third-order valence-corrected chi connectivity index (χ3v) is 10.4. The largest absolute Gasteiger partial charge is 0.456 e. The number of anilines is 3. The third-order valence-electron chi connectivity index (χ3n) is 10.4. The van der Waals surface area contributed by atoms with Crippen LogP contribution in [-0.4, -0.2) is 0 Å². The van der Waals surface area contributed by atoms with Crippen LogP contribution in [0.3, 0.4) is 0 Å². The molecule has 3 heteroatoms. The normalized spacial score (nSPS) is 13.1. The highest BCUT2D eigenvalue weighted by Crippen LogP contribution is 2.59. The van der Waals surface area contributed by atoms with Crippen molar-refractivity contribution in [3.05, 3.63) is 210 Å². The summed E-state index contributed by atoms with van der Waals surface area (Å²) in [6, 6.07) is 62.6. The number of nitrogens with zero attached hydrogens (tertiary/aromatic N) is 1. The maximum Gasteiger partial charge on any atom is 0.137 e. The molecule has 0 unspecified atom stereocenters. The third kappa shape index (κ3) is 4.07. The molecule has 1 aliphatic rings. The van der Waals surface area contributed by atoms with Gasteiger partial charge in [0.1, 0.15) is 17.0 Å². The summed E-state index contributed by atoms with van der Waals surface area (Å²) in [4.78, 5) is 2.29. The van der Waals surface area contributed by atoms with Crippen LogP contribution in [0.1, 0.15) is 22.3 Å². The van der Waals surface area contributed by atoms with Crippen molar-refractivity contribution in [1.82, 2.24) is 0 Å². The number of fused-ring (bicyclic) bond motifs is 8. The first-order chi connectivity index (χ1) is 24.7. The predicted molar refractivity (Wildman–Crippen MR) is 203 cm³/mol. The minimum Gasteiger partial charge on any atom is -0.456 e. The minimum atomic E-state index is -0.765. The van der Waals surface area contributed by atoms with Gasteiger partial charge in [-0.15, -0.1) is 0 Å². The lowest BCUT2D eigenvalue weighted by Gasteiger charge is -2.35. The summed E-state index contributed by atoms with van der Waals surface area (Å²) < 4.78 is 22.6. The van der Waals surface area contributed by atoms with Crippen molar-refractivity contribution in [3.8, 4) is 11.1 Å². The van der Waals surface area contributed by atoms with Gasteiger partial charge in [-0.2, -0.15) is 0 Å². The minimum absolute atomic E-state index is 0.214. The van der Waals surface area contributed by atoms with Gasteiger partial charge in [-0.25, -0.2) is 4.39 Å². The maximum atomic E-state index is 16.3. The fraction of sp³-hybridized carbons (Fsp3) is 0.0213. The Morgan fingerprint density at radius 3 is 1.70 bits per heavy atom. The molecule has 0 saturated carbocycles. The quantitative estimate of drug-likeness (QED) is 0.186. The summed E-state index contributed by atoms with van der Waals surface area (Å²) in [7, 11) is 0. The van der Waals surface area contributed by atoms with E-state index in [1.54, 1.807) is 6.07 Å². The fourth-order valence-electron chi connectivity index (χ4n) is 8.30. The van der Waals surface area contributed by atoms with Crippen LogP contribution >= 0.6 is 0 Å². The van der Waals surface area contributed by atoms with Gasteiger partial charge in [0.05, 0.1) is 5.41 Å². The van der Waals surface area contributed by atoms with E-state index < -0.39 is 5.41 Å². The van der Waals surface area contributed by atoms with Crippen LogP contribution in [0, 0.1) is 5.82 Å².